The molecule has 0 radical (unpaired) electrons. The number of aryl methyl sites for hydroxylation is 2. The van der Waals surface area contributed by atoms with Crippen LogP contribution in [0.5, 0.6) is 5.75 Å². The summed E-state index contributed by atoms with van der Waals surface area (Å²) < 4.78 is 6.84. The molecule has 0 unspecified atom stereocenters. The number of thioether (sulfide) groups is 1. The van der Waals surface area contributed by atoms with E-state index in [1.54, 1.807) is 30.0 Å². The first-order valence-electron chi connectivity index (χ1n) is 11.1. The largest absolute Gasteiger partial charge is 0.497 e. The van der Waals surface area contributed by atoms with Gasteiger partial charge in [0.15, 0.2) is 10.9 Å². The van der Waals surface area contributed by atoms with Crippen molar-refractivity contribution >= 4 is 40.9 Å². The lowest BCUT2D eigenvalue weighted by Crippen LogP contribution is -2.27. The Morgan fingerprint density at radius 2 is 1.78 bits per heavy atom. The van der Waals surface area contributed by atoms with Crippen LogP contribution >= 0.6 is 35.0 Å². The summed E-state index contributed by atoms with van der Waals surface area (Å²) in [6, 6.07) is 14.7. The van der Waals surface area contributed by atoms with E-state index in [1.165, 1.54) is 11.8 Å². The fraction of sp³-hybridized carbons (Fsp3) is 0.240. The molecule has 0 aliphatic rings. The number of nitrogens with one attached hydrogen (secondary N) is 1. The van der Waals surface area contributed by atoms with E-state index in [4.69, 9.17) is 27.9 Å². The normalized spacial score (nSPS) is 10.9. The summed E-state index contributed by atoms with van der Waals surface area (Å²) in [6.07, 6.45) is 0.640. The van der Waals surface area contributed by atoms with E-state index >= 15 is 0 Å². The number of benzene rings is 2. The van der Waals surface area contributed by atoms with Crippen molar-refractivity contribution in [3.05, 3.63) is 86.9 Å². The van der Waals surface area contributed by atoms with E-state index in [0.717, 1.165) is 22.7 Å². The molecule has 1 N–H and O–H groups in total. The van der Waals surface area contributed by atoms with Crippen molar-refractivity contribution in [2.75, 3.05) is 13.7 Å². The molecular formula is C25H24Cl2N6O2S. The Labute approximate surface area is 223 Å². The predicted molar refractivity (Wildman–Crippen MR) is 141 cm³/mol. The number of hydrogen-bond acceptors (Lipinski definition) is 7. The van der Waals surface area contributed by atoms with E-state index in [1.807, 2.05) is 44.2 Å². The molecule has 0 spiro atoms. The third kappa shape index (κ3) is 6.54. The number of carbonyl (C=O) groups excluding carboxylic acids is 1. The first-order chi connectivity index (χ1) is 17.3. The second-order valence-electron chi connectivity index (χ2n) is 8.00. The topological polar surface area (TPSA) is 94.8 Å². The van der Waals surface area contributed by atoms with Gasteiger partial charge < -0.3 is 10.1 Å². The summed E-state index contributed by atoms with van der Waals surface area (Å²) in [6.45, 7) is 4.26. The zero-order valence-electron chi connectivity index (χ0n) is 20.0. The standard InChI is InChI=1S/C25H24Cl2N6O2S/c1-15-9-16(2)30-25(29-15)36-14-22-23(31-32-33(22)20-12-18(26)11-19(27)13-20)24(34)28-8-7-17-5-4-6-21(10-17)35-3/h4-6,9-13H,7-8,14H2,1-3H3,(H,28,34). The number of amides is 1. The van der Waals surface area contributed by atoms with Crippen molar-refractivity contribution in [3.63, 3.8) is 0 Å². The molecule has 0 fully saturated rings. The fourth-order valence-corrected chi connectivity index (χ4v) is 5.06. The third-order valence-electron chi connectivity index (χ3n) is 5.20. The van der Waals surface area contributed by atoms with Crippen LogP contribution in [0, 0.1) is 13.8 Å². The summed E-state index contributed by atoms with van der Waals surface area (Å²) in [7, 11) is 1.62. The SMILES string of the molecule is COc1cccc(CCNC(=O)c2nnn(-c3cc(Cl)cc(Cl)c3)c2CSc2nc(C)cc(C)n2)c1. The maximum absolute atomic E-state index is 13.1. The Morgan fingerprint density at radius 1 is 1.06 bits per heavy atom. The summed E-state index contributed by atoms with van der Waals surface area (Å²) >= 11 is 13.8. The van der Waals surface area contributed by atoms with Gasteiger partial charge in [0.05, 0.1) is 18.5 Å². The Bertz CT molecular complexity index is 1350. The van der Waals surface area contributed by atoms with Gasteiger partial charge in [-0.3, -0.25) is 4.79 Å². The van der Waals surface area contributed by atoms with Gasteiger partial charge in [-0.25, -0.2) is 14.6 Å². The van der Waals surface area contributed by atoms with Gasteiger partial charge in [0.2, 0.25) is 0 Å². The molecule has 0 saturated carbocycles. The second-order valence-corrected chi connectivity index (χ2v) is 9.82. The average molecular weight is 543 g/mol. The lowest BCUT2D eigenvalue weighted by Gasteiger charge is -2.10. The van der Waals surface area contributed by atoms with Crippen LogP contribution in [0.25, 0.3) is 5.69 Å². The monoisotopic (exact) mass is 542 g/mol. The van der Waals surface area contributed by atoms with E-state index in [9.17, 15) is 4.79 Å². The molecule has 186 valence electrons. The van der Waals surface area contributed by atoms with Crippen molar-refractivity contribution in [3.8, 4) is 11.4 Å². The molecule has 1 amide bonds. The molecule has 0 aliphatic heterocycles. The van der Waals surface area contributed by atoms with E-state index < -0.39 is 0 Å². The van der Waals surface area contributed by atoms with Crippen LogP contribution < -0.4 is 10.1 Å². The average Bonchev–Trinajstić information content (AvgIpc) is 3.26. The van der Waals surface area contributed by atoms with Crippen molar-refractivity contribution in [1.82, 2.24) is 30.3 Å². The summed E-state index contributed by atoms with van der Waals surface area (Å²) in [5, 5.41) is 12.9. The van der Waals surface area contributed by atoms with Gasteiger partial charge in [0, 0.05) is 33.7 Å². The first-order valence-corrected chi connectivity index (χ1v) is 12.8. The van der Waals surface area contributed by atoms with Gasteiger partial charge in [-0.1, -0.05) is 52.3 Å². The molecule has 36 heavy (non-hydrogen) atoms. The number of nitrogens with zero attached hydrogens (tertiary/aromatic N) is 5. The molecule has 8 nitrogen and oxygen atoms in total. The molecule has 2 aromatic heterocycles. The number of hydrogen-bond donors (Lipinski definition) is 1. The highest BCUT2D eigenvalue weighted by Crippen LogP contribution is 2.27. The second kappa shape index (κ2) is 11.7. The summed E-state index contributed by atoms with van der Waals surface area (Å²) in [4.78, 5) is 22.1. The maximum Gasteiger partial charge on any atom is 0.273 e. The molecule has 0 atom stereocenters. The van der Waals surface area contributed by atoms with Crippen LogP contribution in [0.1, 0.15) is 33.1 Å². The van der Waals surface area contributed by atoms with Gasteiger partial charge in [-0.15, -0.1) is 5.10 Å². The Balaban J connectivity index is 1.57. The number of methoxy groups -OCH3 is 1. The van der Waals surface area contributed by atoms with E-state index in [-0.39, 0.29) is 11.6 Å². The summed E-state index contributed by atoms with van der Waals surface area (Å²) in [5.41, 5.74) is 4.19. The van der Waals surface area contributed by atoms with Crippen molar-refractivity contribution in [2.45, 2.75) is 31.2 Å². The molecule has 11 heteroatoms. The minimum atomic E-state index is -0.325. The molecule has 2 aromatic carbocycles. The number of aromatic nitrogens is 5. The minimum absolute atomic E-state index is 0.216. The third-order valence-corrected chi connectivity index (χ3v) is 6.50. The minimum Gasteiger partial charge on any atom is -0.497 e. The Kier molecular flexibility index (Phi) is 8.45. The van der Waals surface area contributed by atoms with Crippen LogP contribution in [-0.4, -0.2) is 44.5 Å². The van der Waals surface area contributed by atoms with Gasteiger partial charge in [0.25, 0.3) is 5.91 Å². The van der Waals surface area contributed by atoms with E-state index in [0.29, 0.717) is 45.3 Å². The van der Waals surface area contributed by atoms with Crippen LogP contribution in [0.2, 0.25) is 10.0 Å². The highest BCUT2D eigenvalue weighted by atomic mass is 35.5. The molecule has 0 saturated heterocycles. The zero-order valence-corrected chi connectivity index (χ0v) is 22.3. The van der Waals surface area contributed by atoms with Gasteiger partial charge in [0.1, 0.15) is 5.75 Å². The van der Waals surface area contributed by atoms with Crippen LogP contribution in [0.3, 0.4) is 0 Å². The van der Waals surface area contributed by atoms with Crippen molar-refractivity contribution in [2.24, 2.45) is 0 Å². The lowest BCUT2D eigenvalue weighted by atomic mass is 10.1. The Morgan fingerprint density at radius 3 is 2.47 bits per heavy atom. The van der Waals surface area contributed by atoms with Crippen molar-refractivity contribution in [1.29, 1.82) is 0 Å². The smallest absolute Gasteiger partial charge is 0.273 e. The van der Waals surface area contributed by atoms with Crippen LogP contribution in [-0.2, 0) is 12.2 Å². The van der Waals surface area contributed by atoms with Gasteiger partial charge in [-0.05, 0) is 62.2 Å². The van der Waals surface area contributed by atoms with Crippen LogP contribution in [0.4, 0.5) is 0 Å². The molecular weight excluding hydrogens is 519 g/mol. The zero-order chi connectivity index (χ0) is 25.7. The number of halogens is 2. The van der Waals surface area contributed by atoms with E-state index in [2.05, 4.69) is 25.6 Å². The van der Waals surface area contributed by atoms with Gasteiger partial charge in [-0.2, -0.15) is 0 Å². The molecule has 4 rings (SSSR count). The molecule has 4 aromatic rings. The highest BCUT2D eigenvalue weighted by molar-refractivity contribution is 7.98. The summed E-state index contributed by atoms with van der Waals surface area (Å²) in [5.74, 6) is 0.808. The molecule has 0 aliphatic carbocycles. The van der Waals surface area contributed by atoms with Gasteiger partial charge >= 0.3 is 0 Å². The molecule has 0 bridgehead atoms. The lowest BCUT2D eigenvalue weighted by molar-refractivity contribution is 0.0948. The molecule has 2 heterocycles. The maximum atomic E-state index is 13.1. The highest BCUT2D eigenvalue weighted by Gasteiger charge is 2.22. The first kappa shape index (κ1) is 25.9. The number of rotatable bonds is 9. The fourth-order valence-electron chi connectivity index (χ4n) is 3.60. The van der Waals surface area contributed by atoms with Crippen molar-refractivity contribution < 1.29 is 9.53 Å². The van der Waals surface area contributed by atoms with Crippen LogP contribution in [0.15, 0.2) is 53.7 Å². The predicted octanol–water partition coefficient (Wildman–Crippen LogP) is 5.25. The Hall–Kier alpha value is -3.14. The quantitative estimate of drug-likeness (QED) is 0.228. The number of carbonyl (C=O) groups is 1. The number of ether oxygens (including phenoxy) is 1.